The lowest BCUT2D eigenvalue weighted by atomic mass is 10.2. The van der Waals surface area contributed by atoms with Crippen LogP contribution in [0.3, 0.4) is 0 Å². The Hall–Kier alpha value is -1.88. The Morgan fingerprint density at radius 3 is 2.41 bits per heavy atom. The molecule has 0 aliphatic rings. The van der Waals surface area contributed by atoms with Crippen LogP contribution in [0.2, 0.25) is 0 Å². The molecule has 0 radical (unpaired) electrons. The zero-order valence-corrected chi connectivity index (χ0v) is 9.63. The van der Waals surface area contributed by atoms with Gasteiger partial charge in [0.15, 0.2) is 0 Å². The lowest BCUT2D eigenvalue weighted by Crippen LogP contribution is -2.34. The number of rotatable bonds is 6. The fourth-order valence-electron chi connectivity index (χ4n) is 1.45. The maximum atomic E-state index is 11.1. The van der Waals surface area contributed by atoms with Gasteiger partial charge in [0.1, 0.15) is 0 Å². The number of aliphatic carboxylic acids is 1. The van der Waals surface area contributed by atoms with Crippen LogP contribution < -0.4 is 0 Å². The van der Waals surface area contributed by atoms with Crippen molar-refractivity contribution in [2.75, 3.05) is 20.2 Å². The molecule has 1 N–H and O–H groups in total. The van der Waals surface area contributed by atoms with Gasteiger partial charge in [-0.15, -0.1) is 0 Å². The summed E-state index contributed by atoms with van der Waals surface area (Å²) in [6, 6.07) is 9.38. The Kier molecular flexibility index (Phi) is 5.16. The summed E-state index contributed by atoms with van der Waals surface area (Å²) in [6.07, 6.45) is 0. The lowest BCUT2D eigenvalue weighted by molar-refractivity contribution is -0.144. The van der Waals surface area contributed by atoms with Crippen LogP contribution in [0.5, 0.6) is 0 Å². The van der Waals surface area contributed by atoms with E-state index in [1.165, 1.54) is 12.0 Å². The van der Waals surface area contributed by atoms with Gasteiger partial charge in [-0.25, -0.2) is 0 Å². The predicted octanol–water partition coefficient (Wildman–Crippen LogP) is 0.746. The number of hydrogen-bond donors (Lipinski definition) is 1. The largest absolute Gasteiger partial charge is 0.480 e. The molecule has 0 bridgehead atoms. The molecule has 92 valence electrons. The van der Waals surface area contributed by atoms with Crippen molar-refractivity contribution < 1.29 is 19.4 Å². The minimum Gasteiger partial charge on any atom is -0.480 e. The topological polar surface area (TPSA) is 66.8 Å². The van der Waals surface area contributed by atoms with E-state index < -0.39 is 11.9 Å². The molecule has 0 unspecified atom stereocenters. The van der Waals surface area contributed by atoms with Crippen molar-refractivity contribution in [3.63, 3.8) is 0 Å². The van der Waals surface area contributed by atoms with E-state index in [-0.39, 0.29) is 13.1 Å². The van der Waals surface area contributed by atoms with Crippen LogP contribution in [-0.4, -0.2) is 42.1 Å². The average Bonchev–Trinajstić information content (AvgIpc) is 2.29. The average molecular weight is 237 g/mol. The molecule has 1 aromatic carbocycles. The molecular formula is C12H15NO4. The van der Waals surface area contributed by atoms with Gasteiger partial charge in [-0.3, -0.25) is 14.5 Å². The number of carbonyl (C=O) groups excluding carboxylic acids is 1. The fourth-order valence-corrected chi connectivity index (χ4v) is 1.45. The minimum absolute atomic E-state index is 0.0301. The highest BCUT2D eigenvalue weighted by molar-refractivity contribution is 5.73. The van der Waals surface area contributed by atoms with Gasteiger partial charge in [0.2, 0.25) is 0 Å². The van der Waals surface area contributed by atoms with Gasteiger partial charge in [-0.05, 0) is 5.56 Å². The number of benzene rings is 1. The Bertz CT molecular complexity index is 377. The third-order valence-corrected chi connectivity index (χ3v) is 2.19. The first-order chi connectivity index (χ1) is 8.11. The molecule has 1 rings (SSSR count). The predicted molar refractivity (Wildman–Crippen MR) is 61.4 cm³/mol. The number of ether oxygens (including phenoxy) is 1. The number of nitrogens with zero attached hydrogens (tertiary/aromatic N) is 1. The summed E-state index contributed by atoms with van der Waals surface area (Å²) in [5.41, 5.74) is 0.956. The summed E-state index contributed by atoms with van der Waals surface area (Å²) in [4.78, 5) is 23.3. The number of esters is 1. The zero-order valence-electron chi connectivity index (χ0n) is 9.63. The molecule has 1 aromatic rings. The fraction of sp³-hybridized carbons (Fsp3) is 0.333. The molecule has 0 amide bonds. The minimum atomic E-state index is -0.968. The van der Waals surface area contributed by atoms with Crippen LogP contribution in [0.15, 0.2) is 30.3 Å². The normalized spacial score (nSPS) is 10.2. The second-order valence-electron chi connectivity index (χ2n) is 3.60. The number of carboxylic acid groups (broad SMARTS) is 1. The highest BCUT2D eigenvalue weighted by Crippen LogP contribution is 2.04. The molecule has 0 spiro atoms. The van der Waals surface area contributed by atoms with Crippen molar-refractivity contribution >= 4 is 11.9 Å². The molecule has 0 fully saturated rings. The van der Waals surface area contributed by atoms with E-state index in [2.05, 4.69) is 4.74 Å². The molecule has 17 heavy (non-hydrogen) atoms. The van der Waals surface area contributed by atoms with Crippen molar-refractivity contribution in [3.8, 4) is 0 Å². The molecule has 0 heterocycles. The Morgan fingerprint density at radius 1 is 1.24 bits per heavy atom. The molecule has 0 aliphatic carbocycles. The van der Waals surface area contributed by atoms with Gasteiger partial charge in [0.25, 0.3) is 0 Å². The Labute approximate surface area is 99.6 Å². The lowest BCUT2D eigenvalue weighted by Gasteiger charge is -2.18. The highest BCUT2D eigenvalue weighted by atomic mass is 16.5. The quantitative estimate of drug-likeness (QED) is 0.739. The number of hydrogen-bond acceptors (Lipinski definition) is 4. The zero-order chi connectivity index (χ0) is 12.7. The van der Waals surface area contributed by atoms with Gasteiger partial charge in [-0.2, -0.15) is 0 Å². The van der Waals surface area contributed by atoms with Crippen LogP contribution in [0, 0.1) is 0 Å². The molecule has 5 nitrogen and oxygen atoms in total. The standard InChI is InChI=1S/C12H15NO4/c1-17-12(16)9-13(8-11(14)15)7-10-5-3-2-4-6-10/h2-6H,7-9H2,1H3,(H,14,15). The van der Waals surface area contributed by atoms with Crippen molar-refractivity contribution in [1.82, 2.24) is 4.90 Å². The van der Waals surface area contributed by atoms with E-state index in [1.807, 2.05) is 30.3 Å². The monoisotopic (exact) mass is 237 g/mol. The molecule has 0 aliphatic heterocycles. The molecule has 0 saturated carbocycles. The maximum Gasteiger partial charge on any atom is 0.319 e. The van der Waals surface area contributed by atoms with Gasteiger partial charge in [-0.1, -0.05) is 30.3 Å². The summed E-state index contributed by atoms with van der Waals surface area (Å²) < 4.78 is 4.53. The van der Waals surface area contributed by atoms with Crippen LogP contribution in [0.1, 0.15) is 5.56 Å². The van der Waals surface area contributed by atoms with Crippen LogP contribution in [0.25, 0.3) is 0 Å². The van der Waals surface area contributed by atoms with E-state index in [4.69, 9.17) is 5.11 Å². The van der Waals surface area contributed by atoms with Gasteiger partial charge in [0.05, 0.1) is 20.2 Å². The second-order valence-corrected chi connectivity index (χ2v) is 3.60. The molecule has 0 aromatic heterocycles. The third-order valence-electron chi connectivity index (χ3n) is 2.19. The summed E-state index contributed by atoms with van der Waals surface area (Å²) in [5.74, 6) is -1.41. The number of methoxy groups -OCH3 is 1. The first-order valence-corrected chi connectivity index (χ1v) is 5.16. The molecule has 0 atom stereocenters. The van der Waals surface area contributed by atoms with Crippen molar-refractivity contribution in [2.45, 2.75) is 6.54 Å². The van der Waals surface area contributed by atoms with E-state index in [0.717, 1.165) is 5.56 Å². The Balaban J connectivity index is 2.63. The van der Waals surface area contributed by atoms with Gasteiger partial charge >= 0.3 is 11.9 Å². The maximum absolute atomic E-state index is 11.1. The van der Waals surface area contributed by atoms with E-state index in [1.54, 1.807) is 0 Å². The molecule has 0 saturated heterocycles. The van der Waals surface area contributed by atoms with E-state index in [9.17, 15) is 9.59 Å². The highest BCUT2D eigenvalue weighted by Gasteiger charge is 2.14. The van der Waals surface area contributed by atoms with Crippen molar-refractivity contribution in [2.24, 2.45) is 0 Å². The number of carbonyl (C=O) groups is 2. The third kappa shape index (κ3) is 5.12. The van der Waals surface area contributed by atoms with E-state index >= 15 is 0 Å². The second kappa shape index (κ2) is 6.65. The summed E-state index contributed by atoms with van der Waals surface area (Å²) >= 11 is 0. The molecule has 5 heteroatoms. The first kappa shape index (κ1) is 13.2. The Morgan fingerprint density at radius 2 is 1.88 bits per heavy atom. The van der Waals surface area contributed by atoms with Gasteiger partial charge < -0.3 is 9.84 Å². The summed E-state index contributed by atoms with van der Waals surface area (Å²) in [5, 5.41) is 8.75. The first-order valence-electron chi connectivity index (χ1n) is 5.16. The molecular weight excluding hydrogens is 222 g/mol. The summed E-state index contributed by atoms with van der Waals surface area (Å²) in [6.45, 7) is 0.184. The van der Waals surface area contributed by atoms with Crippen molar-refractivity contribution in [1.29, 1.82) is 0 Å². The SMILES string of the molecule is COC(=O)CN(CC(=O)O)Cc1ccccc1. The smallest absolute Gasteiger partial charge is 0.319 e. The summed E-state index contributed by atoms with van der Waals surface area (Å²) in [7, 11) is 1.28. The van der Waals surface area contributed by atoms with E-state index in [0.29, 0.717) is 6.54 Å². The van der Waals surface area contributed by atoms with Crippen molar-refractivity contribution in [3.05, 3.63) is 35.9 Å². The van der Waals surface area contributed by atoms with Crippen LogP contribution in [-0.2, 0) is 20.9 Å². The van der Waals surface area contributed by atoms with Gasteiger partial charge in [0, 0.05) is 6.54 Å². The van der Waals surface area contributed by atoms with Crippen LogP contribution in [0.4, 0.5) is 0 Å². The number of carboxylic acids is 1. The van der Waals surface area contributed by atoms with Crippen LogP contribution >= 0.6 is 0 Å².